The average Bonchev–Trinajstić information content (AvgIpc) is 3.01. The number of nitrogens with zero attached hydrogens (tertiary/aromatic N) is 6. The van der Waals surface area contributed by atoms with E-state index in [1.54, 1.807) is 0 Å². The number of para-hydroxylation sites is 1. The number of nitrogens with one attached hydrogen (secondary N) is 1. The van der Waals surface area contributed by atoms with Crippen molar-refractivity contribution in [2.45, 2.75) is 0 Å². The van der Waals surface area contributed by atoms with Gasteiger partial charge in [-0.15, -0.1) is 10.2 Å². The summed E-state index contributed by atoms with van der Waals surface area (Å²) in [6.07, 6.45) is 1.32. The largest absolute Gasteiger partial charge is 0.500 e. The number of rotatable bonds is 5. The van der Waals surface area contributed by atoms with Crippen molar-refractivity contribution in [3.8, 4) is 11.5 Å². The number of aromatic hydroxyl groups is 1. The SMILES string of the molecule is COc1cc(/C=N/Nc2nnc3c4ccccc4n(C)c3n2)cc([N+](=O)[O-])c1O. The van der Waals surface area contributed by atoms with Gasteiger partial charge in [0.2, 0.25) is 5.75 Å². The Morgan fingerprint density at radius 2 is 2.10 bits per heavy atom. The Kier molecular flexibility index (Phi) is 4.39. The summed E-state index contributed by atoms with van der Waals surface area (Å²) in [7, 11) is 3.19. The van der Waals surface area contributed by atoms with Crippen LogP contribution in [0.3, 0.4) is 0 Å². The summed E-state index contributed by atoms with van der Waals surface area (Å²) in [5.41, 5.74) is 4.81. The molecular formula is C18H15N7O4. The molecule has 0 unspecified atom stereocenters. The summed E-state index contributed by atoms with van der Waals surface area (Å²) >= 11 is 0. The highest BCUT2D eigenvalue weighted by Crippen LogP contribution is 2.36. The number of anilines is 1. The Morgan fingerprint density at radius 3 is 2.86 bits per heavy atom. The number of nitro groups is 1. The smallest absolute Gasteiger partial charge is 0.315 e. The molecule has 0 atom stereocenters. The summed E-state index contributed by atoms with van der Waals surface area (Å²) < 4.78 is 6.86. The number of ether oxygens (including phenoxy) is 1. The van der Waals surface area contributed by atoms with Crippen LogP contribution in [0.2, 0.25) is 0 Å². The van der Waals surface area contributed by atoms with Crippen LogP contribution in [0, 0.1) is 10.1 Å². The number of hydrazone groups is 1. The van der Waals surface area contributed by atoms with Gasteiger partial charge in [-0.25, -0.2) is 5.43 Å². The van der Waals surface area contributed by atoms with Crippen molar-refractivity contribution in [3.05, 3.63) is 52.1 Å². The number of hydrogen-bond donors (Lipinski definition) is 2. The molecule has 146 valence electrons. The number of benzene rings is 2. The van der Waals surface area contributed by atoms with E-state index in [0.717, 1.165) is 10.9 Å². The number of phenols is 1. The quantitative estimate of drug-likeness (QED) is 0.299. The number of hydrogen-bond acceptors (Lipinski definition) is 9. The summed E-state index contributed by atoms with van der Waals surface area (Å²) in [4.78, 5) is 14.8. The van der Waals surface area contributed by atoms with Crippen LogP contribution in [0.15, 0.2) is 41.5 Å². The second-order valence-electron chi connectivity index (χ2n) is 6.10. The van der Waals surface area contributed by atoms with E-state index in [0.29, 0.717) is 16.7 Å². The first kappa shape index (κ1) is 18.1. The van der Waals surface area contributed by atoms with Crippen LogP contribution in [0.4, 0.5) is 11.6 Å². The molecule has 0 aliphatic rings. The molecule has 0 aliphatic heterocycles. The van der Waals surface area contributed by atoms with Crippen LogP contribution >= 0.6 is 0 Å². The van der Waals surface area contributed by atoms with Crippen LogP contribution < -0.4 is 10.2 Å². The molecule has 2 aromatic carbocycles. The zero-order valence-corrected chi connectivity index (χ0v) is 15.4. The molecule has 11 heteroatoms. The van der Waals surface area contributed by atoms with Gasteiger partial charge in [-0.1, -0.05) is 18.2 Å². The van der Waals surface area contributed by atoms with Crippen LogP contribution in [0.1, 0.15) is 5.56 Å². The van der Waals surface area contributed by atoms with Gasteiger partial charge in [0, 0.05) is 24.1 Å². The normalized spacial score (nSPS) is 11.4. The third-order valence-electron chi connectivity index (χ3n) is 4.38. The predicted molar refractivity (Wildman–Crippen MR) is 106 cm³/mol. The van der Waals surface area contributed by atoms with Crippen molar-refractivity contribution in [1.82, 2.24) is 19.7 Å². The molecule has 0 radical (unpaired) electrons. The fourth-order valence-electron chi connectivity index (χ4n) is 3.00. The van der Waals surface area contributed by atoms with Crippen LogP contribution in [-0.2, 0) is 7.05 Å². The second kappa shape index (κ2) is 7.03. The van der Waals surface area contributed by atoms with E-state index >= 15 is 0 Å². The Labute approximate surface area is 163 Å². The van der Waals surface area contributed by atoms with Crippen LogP contribution in [-0.4, -0.2) is 43.1 Å². The molecule has 2 aromatic heterocycles. The highest BCUT2D eigenvalue weighted by atomic mass is 16.6. The molecule has 0 amide bonds. The topological polar surface area (TPSA) is 141 Å². The number of phenolic OH excluding ortho intramolecular Hbond substituents is 1. The zero-order valence-electron chi connectivity index (χ0n) is 15.4. The second-order valence-corrected chi connectivity index (χ2v) is 6.10. The van der Waals surface area contributed by atoms with Gasteiger partial charge in [-0.2, -0.15) is 10.1 Å². The van der Waals surface area contributed by atoms with Crippen molar-refractivity contribution in [3.63, 3.8) is 0 Å². The minimum Gasteiger partial charge on any atom is -0.500 e. The van der Waals surface area contributed by atoms with E-state index in [4.69, 9.17) is 4.74 Å². The summed E-state index contributed by atoms with van der Waals surface area (Å²) in [5, 5.41) is 34.1. The predicted octanol–water partition coefficient (Wildman–Crippen LogP) is 2.58. The first-order valence-electron chi connectivity index (χ1n) is 8.42. The molecule has 2 N–H and O–H groups in total. The molecule has 0 spiro atoms. The maximum absolute atomic E-state index is 11.1. The van der Waals surface area contributed by atoms with Gasteiger partial charge in [0.05, 0.1) is 23.8 Å². The van der Waals surface area contributed by atoms with E-state index in [9.17, 15) is 15.2 Å². The zero-order chi connectivity index (χ0) is 20.5. The molecule has 0 bridgehead atoms. The van der Waals surface area contributed by atoms with Crippen LogP contribution in [0.25, 0.3) is 22.1 Å². The lowest BCUT2D eigenvalue weighted by Crippen LogP contribution is -2.01. The third kappa shape index (κ3) is 3.14. The van der Waals surface area contributed by atoms with E-state index < -0.39 is 16.4 Å². The molecule has 11 nitrogen and oxygen atoms in total. The maximum Gasteiger partial charge on any atom is 0.315 e. The molecule has 4 aromatic rings. The molecular weight excluding hydrogens is 378 g/mol. The molecule has 4 rings (SSSR count). The van der Waals surface area contributed by atoms with Gasteiger partial charge in [0.1, 0.15) is 5.52 Å². The van der Waals surface area contributed by atoms with Gasteiger partial charge in [-0.3, -0.25) is 10.1 Å². The van der Waals surface area contributed by atoms with Gasteiger partial charge in [-0.05, 0) is 12.1 Å². The minimum atomic E-state index is -0.705. The summed E-state index contributed by atoms with van der Waals surface area (Å²) in [5.74, 6) is -0.410. The van der Waals surface area contributed by atoms with Gasteiger partial charge < -0.3 is 14.4 Å². The van der Waals surface area contributed by atoms with E-state index in [-0.39, 0.29) is 11.7 Å². The molecule has 0 saturated carbocycles. The lowest BCUT2D eigenvalue weighted by Gasteiger charge is -2.05. The van der Waals surface area contributed by atoms with Gasteiger partial charge in [0.15, 0.2) is 11.4 Å². The van der Waals surface area contributed by atoms with Crippen molar-refractivity contribution >= 4 is 39.9 Å². The van der Waals surface area contributed by atoms with E-state index in [2.05, 4.69) is 25.7 Å². The van der Waals surface area contributed by atoms with Crippen molar-refractivity contribution < 1.29 is 14.8 Å². The Bertz CT molecular complexity index is 1280. The molecule has 2 heterocycles. The Morgan fingerprint density at radius 1 is 1.31 bits per heavy atom. The maximum atomic E-state index is 11.1. The highest BCUT2D eigenvalue weighted by molar-refractivity contribution is 6.04. The number of nitro benzene ring substituents is 1. The van der Waals surface area contributed by atoms with Crippen molar-refractivity contribution in [1.29, 1.82) is 0 Å². The number of methoxy groups -OCH3 is 1. The van der Waals surface area contributed by atoms with Crippen molar-refractivity contribution in [2.75, 3.05) is 12.5 Å². The standard InChI is InChI=1S/C18H15N7O4/c1-24-12-6-4-3-5-11(12)15-17(24)20-18(23-21-15)22-19-9-10-7-13(25(27)28)16(26)14(8-10)29-2/h3-9,26H,1-2H3,(H,20,22,23)/b19-9+. The number of aryl methyl sites for hydroxylation is 1. The highest BCUT2D eigenvalue weighted by Gasteiger charge is 2.19. The first-order chi connectivity index (χ1) is 14.0. The molecule has 0 saturated heterocycles. The lowest BCUT2D eigenvalue weighted by molar-refractivity contribution is -0.386. The fraction of sp³-hybridized carbons (Fsp3) is 0.111. The van der Waals surface area contributed by atoms with Gasteiger partial charge in [0.25, 0.3) is 5.95 Å². The van der Waals surface area contributed by atoms with E-state index in [1.165, 1.54) is 25.5 Å². The Balaban J connectivity index is 1.64. The number of aromatic nitrogens is 4. The first-order valence-corrected chi connectivity index (χ1v) is 8.42. The van der Waals surface area contributed by atoms with Crippen molar-refractivity contribution in [2.24, 2.45) is 12.1 Å². The molecule has 29 heavy (non-hydrogen) atoms. The Hall–Kier alpha value is -4.28. The fourth-order valence-corrected chi connectivity index (χ4v) is 3.00. The monoisotopic (exact) mass is 393 g/mol. The lowest BCUT2D eigenvalue weighted by atomic mass is 10.2. The third-order valence-corrected chi connectivity index (χ3v) is 4.38. The molecule has 0 fully saturated rings. The summed E-state index contributed by atoms with van der Waals surface area (Å²) in [6.45, 7) is 0. The summed E-state index contributed by atoms with van der Waals surface area (Å²) in [6, 6.07) is 10.4. The average molecular weight is 393 g/mol. The van der Waals surface area contributed by atoms with E-state index in [1.807, 2.05) is 35.9 Å². The molecule has 0 aliphatic carbocycles. The van der Waals surface area contributed by atoms with Gasteiger partial charge >= 0.3 is 5.69 Å². The number of fused-ring (bicyclic) bond motifs is 3. The minimum absolute atomic E-state index is 0.0320. The van der Waals surface area contributed by atoms with Crippen LogP contribution in [0.5, 0.6) is 11.5 Å².